The molecular weight excluding hydrogens is 252 g/mol. The van der Waals surface area contributed by atoms with E-state index in [1.165, 1.54) is 58.3 Å². The number of ether oxygens (including phenoxy) is 2. The average Bonchev–Trinajstić information content (AvgIpc) is 2.42. The monoisotopic (exact) mass is 286 g/mol. The van der Waals surface area contributed by atoms with Crippen LogP contribution < -0.4 is 0 Å². The van der Waals surface area contributed by atoms with Crippen LogP contribution in [-0.4, -0.2) is 18.9 Å². The van der Waals surface area contributed by atoms with Crippen LogP contribution in [0.3, 0.4) is 0 Å². The van der Waals surface area contributed by atoms with Gasteiger partial charge in [0.05, 0.1) is 6.61 Å². The van der Waals surface area contributed by atoms with Gasteiger partial charge in [-0.25, -0.2) is 0 Å². The summed E-state index contributed by atoms with van der Waals surface area (Å²) in [6.45, 7) is 6.41. The van der Waals surface area contributed by atoms with E-state index in [0.717, 1.165) is 19.3 Å². The first-order chi connectivity index (χ1) is 9.70. The van der Waals surface area contributed by atoms with E-state index in [9.17, 15) is 4.79 Å². The van der Waals surface area contributed by atoms with Gasteiger partial charge in [-0.05, 0) is 12.8 Å². The van der Waals surface area contributed by atoms with E-state index in [0.29, 0.717) is 6.61 Å². The van der Waals surface area contributed by atoms with E-state index in [2.05, 4.69) is 13.8 Å². The second kappa shape index (κ2) is 14.8. The van der Waals surface area contributed by atoms with Crippen LogP contribution in [0.4, 0.5) is 0 Å². The molecule has 3 heteroatoms. The molecule has 20 heavy (non-hydrogen) atoms. The predicted octanol–water partition coefficient (Wildman–Crippen LogP) is 5.22. The summed E-state index contributed by atoms with van der Waals surface area (Å²) in [6, 6.07) is 0. The minimum absolute atomic E-state index is 0.248. The molecule has 0 aromatic rings. The third kappa shape index (κ3) is 13.9. The fraction of sp³-hybridized carbons (Fsp3) is 0.941. The molecule has 1 unspecified atom stereocenters. The molecule has 0 bridgehead atoms. The van der Waals surface area contributed by atoms with Crippen LogP contribution in [-0.2, 0) is 14.3 Å². The van der Waals surface area contributed by atoms with Gasteiger partial charge in [0.2, 0.25) is 6.29 Å². The Kier molecular flexibility index (Phi) is 14.4. The van der Waals surface area contributed by atoms with Crippen molar-refractivity contribution in [3.05, 3.63) is 0 Å². The maximum atomic E-state index is 11.0. The Hall–Kier alpha value is -0.570. The summed E-state index contributed by atoms with van der Waals surface area (Å²) in [5.41, 5.74) is 0. The quantitative estimate of drug-likeness (QED) is 0.249. The molecule has 0 saturated heterocycles. The van der Waals surface area contributed by atoms with Gasteiger partial charge in [-0.1, -0.05) is 65.2 Å². The Morgan fingerprint density at radius 1 is 0.850 bits per heavy atom. The Morgan fingerprint density at radius 2 is 1.40 bits per heavy atom. The summed E-state index contributed by atoms with van der Waals surface area (Å²) >= 11 is 0. The highest BCUT2D eigenvalue weighted by atomic mass is 16.7. The van der Waals surface area contributed by atoms with Gasteiger partial charge in [-0.2, -0.15) is 0 Å². The molecule has 0 aliphatic heterocycles. The number of unbranched alkanes of at least 4 members (excludes halogenated alkanes) is 8. The summed E-state index contributed by atoms with van der Waals surface area (Å²) in [4.78, 5) is 11.0. The van der Waals surface area contributed by atoms with Crippen molar-refractivity contribution >= 4 is 5.97 Å². The topological polar surface area (TPSA) is 35.5 Å². The van der Waals surface area contributed by atoms with Crippen molar-refractivity contribution in [3.63, 3.8) is 0 Å². The molecule has 0 aromatic heterocycles. The predicted molar refractivity (Wildman–Crippen MR) is 83.6 cm³/mol. The lowest BCUT2D eigenvalue weighted by molar-refractivity contribution is -0.177. The van der Waals surface area contributed by atoms with Crippen molar-refractivity contribution in [1.29, 1.82) is 0 Å². The van der Waals surface area contributed by atoms with Gasteiger partial charge >= 0.3 is 5.97 Å². The summed E-state index contributed by atoms with van der Waals surface area (Å²) < 4.78 is 10.7. The van der Waals surface area contributed by atoms with Crippen molar-refractivity contribution in [1.82, 2.24) is 0 Å². The van der Waals surface area contributed by atoms with E-state index >= 15 is 0 Å². The molecule has 120 valence electrons. The first-order valence-electron chi connectivity index (χ1n) is 8.49. The van der Waals surface area contributed by atoms with E-state index < -0.39 is 0 Å². The lowest BCUT2D eigenvalue weighted by atomic mass is 10.1. The molecule has 0 aromatic carbocycles. The largest absolute Gasteiger partial charge is 0.436 e. The number of esters is 1. The maximum absolute atomic E-state index is 11.0. The van der Waals surface area contributed by atoms with Crippen molar-refractivity contribution in [2.45, 2.75) is 97.7 Å². The highest BCUT2D eigenvalue weighted by molar-refractivity contribution is 5.66. The number of carbonyl (C=O) groups excluding carboxylic acids is 1. The highest BCUT2D eigenvalue weighted by Crippen LogP contribution is 2.13. The number of hydrogen-bond donors (Lipinski definition) is 0. The molecule has 0 saturated carbocycles. The van der Waals surface area contributed by atoms with Crippen LogP contribution in [0.25, 0.3) is 0 Å². The second-order valence-corrected chi connectivity index (χ2v) is 5.53. The number of carbonyl (C=O) groups is 1. The summed E-state index contributed by atoms with van der Waals surface area (Å²) in [6.07, 6.45) is 13.2. The van der Waals surface area contributed by atoms with Gasteiger partial charge in [-0.3, -0.25) is 4.79 Å². The van der Waals surface area contributed by atoms with Crippen LogP contribution in [0.2, 0.25) is 0 Å². The molecule has 0 rings (SSSR count). The van der Waals surface area contributed by atoms with E-state index in [1.807, 2.05) is 0 Å². The molecule has 0 radical (unpaired) electrons. The van der Waals surface area contributed by atoms with Gasteiger partial charge in [-0.15, -0.1) is 0 Å². The standard InChI is InChI=1S/C17H34O3/c1-4-6-7-8-9-10-11-12-13-14-17(19-15-5-2)20-16(3)18/h17H,4-15H2,1-3H3. The van der Waals surface area contributed by atoms with Crippen molar-refractivity contribution in [3.8, 4) is 0 Å². The molecule has 3 nitrogen and oxygen atoms in total. The lowest BCUT2D eigenvalue weighted by Crippen LogP contribution is -2.20. The third-order valence-electron chi connectivity index (χ3n) is 3.35. The lowest BCUT2D eigenvalue weighted by Gasteiger charge is -2.17. The molecule has 0 heterocycles. The Morgan fingerprint density at radius 3 is 1.90 bits per heavy atom. The first-order valence-corrected chi connectivity index (χ1v) is 8.49. The van der Waals surface area contributed by atoms with Gasteiger partial charge in [0.25, 0.3) is 0 Å². The average molecular weight is 286 g/mol. The summed E-state index contributed by atoms with van der Waals surface area (Å²) in [5, 5.41) is 0. The Bertz CT molecular complexity index is 216. The van der Waals surface area contributed by atoms with Gasteiger partial charge < -0.3 is 9.47 Å². The third-order valence-corrected chi connectivity index (χ3v) is 3.35. The molecule has 0 fully saturated rings. The molecule has 0 aliphatic carbocycles. The van der Waals surface area contributed by atoms with Gasteiger partial charge in [0.15, 0.2) is 0 Å². The van der Waals surface area contributed by atoms with Crippen LogP contribution >= 0.6 is 0 Å². The van der Waals surface area contributed by atoms with E-state index in [-0.39, 0.29) is 12.3 Å². The van der Waals surface area contributed by atoms with Crippen molar-refractivity contribution in [2.24, 2.45) is 0 Å². The van der Waals surface area contributed by atoms with Gasteiger partial charge in [0.1, 0.15) is 0 Å². The van der Waals surface area contributed by atoms with Crippen LogP contribution in [0.5, 0.6) is 0 Å². The van der Waals surface area contributed by atoms with E-state index in [4.69, 9.17) is 9.47 Å². The van der Waals surface area contributed by atoms with Crippen LogP contribution in [0.1, 0.15) is 91.4 Å². The zero-order valence-corrected chi connectivity index (χ0v) is 13.8. The van der Waals surface area contributed by atoms with Crippen molar-refractivity contribution < 1.29 is 14.3 Å². The van der Waals surface area contributed by atoms with Crippen LogP contribution in [0.15, 0.2) is 0 Å². The zero-order chi connectivity index (χ0) is 15.1. The number of hydrogen-bond acceptors (Lipinski definition) is 3. The second-order valence-electron chi connectivity index (χ2n) is 5.53. The zero-order valence-electron chi connectivity index (χ0n) is 13.8. The molecule has 0 spiro atoms. The molecule has 0 N–H and O–H groups in total. The minimum Gasteiger partial charge on any atom is -0.436 e. The molecule has 0 aliphatic rings. The maximum Gasteiger partial charge on any atom is 0.304 e. The summed E-state index contributed by atoms with van der Waals surface area (Å²) in [5.74, 6) is -0.248. The molecular formula is C17H34O3. The molecule has 0 amide bonds. The number of rotatable bonds is 14. The van der Waals surface area contributed by atoms with Crippen LogP contribution in [0, 0.1) is 0 Å². The smallest absolute Gasteiger partial charge is 0.304 e. The molecule has 1 atom stereocenters. The van der Waals surface area contributed by atoms with E-state index in [1.54, 1.807) is 0 Å². The van der Waals surface area contributed by atoms with Crippen molar-refractivity contribution in [2.75, 3.05) is 6.61 Å². The summed E-state index contributed by atoms with van der Waals surface area (Å²) in [7, 11) is 0. The van der Waals surface area contributed by atoms with Gasteiger partial charge in [0, 0.05) is 13.3 Å². The fourth-order valence-corrected chi connectivity index (χ4v) is 2.23. The first kappa shape index (κ1) is 19.4. The normalized spacial score (nSPS) is 12.3. The highest BCUT2D eigenvalue weighted by Gasteiger charge is 2.11. The minimum atomic E-state index is -0.336. The Labute approximate surface area is 125 Å². The Balaban J connectivity index is 3.45. The SMILES string of the molecule is CCCCCCCCCCCC(OCCC)OC(C)=O. The fourth-order valence-electron chi connectivity index (χ4n) is 2.23.